The maximum atomic E-state index is 12.8. The van der Waals surface area contributed by atoms with Gasteiger partial charge in [0.15, 0.2) is 0 Å². The van der Waals surface area contributed by atoms with Crippen molar-refractivity contribution in [3.63, 3.8) is 0 Å². The van der Waals surface area contributed by atoms with Crippen LogP contribution in [0, 0.1) is 18.8 Å². The highest BCUT2D eigenvalue weighted by Gasteiger charge is 2.47. The predicted molar refractivity (Wildman–Crippen MR) is 197 cm³/mol. The normalized spacial score (nSPS) is 23.3. The van der Waals surface area contributed by atoms with Crippen LogP contribution in [0.25, 0.3) is 0 Å². The minimum absolute atomic E-state index is 0.0437. The summed E-state index contributed by atoms with van der Waals surface area (Å²) in [5.41, 5.74) is 1.33. The van der Waals surface area contributed by atoms with Crippen molar-refractivity contribution in [3.8, 4) is 23.0 Å². The molecule has 2 heterocycles. The van der Waals surface area contributed by atoms with Crippen molar-refractivity contribution in [1.82, 2.24) is 0 Å². The molecule has 6 unspecified atom stereocenters. The lowest BCUT2D eigenvalue weighted by atomic mass is 9.89. The molecule has 3 aromatic rings. The van der Waals surface area contributed by atoms with Crippen molar-refractivity contribution in [2.24, 2.45) is 11.8 Å². The highest BCUT2D eigenvalue weighted by molar-refractivity contribution is 5.92. The van der Waals surface area contributed by atoms with E-state index in [2.05, 4.69) is 0 Å². The number of hydrogen-bond donors (Lipinski definition) is 0. The minimum Gasteiger partial charge on any atom is -0.494 e. The Morgan fingerprint density at radius 2 is 1.00 bits per heavy atom. The number of fused-ring (bicyclic) bond motifs is 2. The monoisotopic (exact) mass is 756 g/mol. The summed E-state index contributed by atoms with van der Waals surface area (Å²) in [4.78, 5) is 50.2. The summed E-state index contributed by atoms with van der Waals surface area (Å²) in [6.07, 6.45) is 9.21. The van der Waals surface area contributed by atoms with Crippen molar-refractivity contribution >= 4 is 23.9 Å². The van der Waals surface area contributed by atoms with Crippen LogP contribution in [-0.4, -0.2) is 74.7 Å². The van der Waals surface area contributed by atoms with Gasteiger partial charge in [0, 0.05) is 0 Å². The van der Waals surface area contributed by atoms with E-state index in [4.69, 9.17) is 37.9 Å². The maximum Gasteiger partial charge on any atom is 0.343 e. The number of carbonyl (C=O) groups excluding carboxylic acids is 4. The highest BCUT2D eigenvalue weighted by atomic mass is 16.6. The van der Waals surface area contributed by atoms with Gasteiger partial charge in [0.25, 0.3) is 0 Å². The zero-order valence-corrected chi connectivity index (χ0v) is 31.1. The van der Waals surface area contributed by atoms with E-state index in [1.807, 2.05) is 0 Å². The molecule has 292 valence electrons. The number of unbranched alkanes of at least 4 members (excludes halogenated alkanes) is 2. The molecule has 4 fully saturated rings. The number of esters is 4. The van der Waals surface area contributed by atoms with Crippen LogP contribution in [0.1, 0.15) is 90.5 Å². The van der Waals surface area contributed by atoms with Crippen LogP contribution in [0.5, 0.6) is 23.0 Å². The van der Waals surface area contributed by atoms with Crippen LogP contribution in [0.3, 0.4) is 0 Å². The first kappa shape index (κ1) is 38.3. The molecular formula is C43H48O12. The van der Waals surface area contributed by atoms with Gasteiger partial charge >= 0.3 is 23.9 Å². The molecule has 6 atom stereocenters. The van der Waals surface area contributed by atoms with Gasteiger partial charge in [-0.2, -0.15) is 0 Å². The summed E-state index contributed by atoms with van der Waals surface area (Å²) in [6.45, 7) is 3.41. The van der Waals surface area contributed by atoms with E-state index >= 15 is 0 Å². The molecule has 2 aliphatic carbocycles. The van der Waals surface area contributed by atoms with Crippen molar-refractivity contribution in [1.29, 1.82) is 0 Å². The third-order valence-electron chi connectivity index (χ3n) is 10.5. The molecule has 12 nitrogen and oxygen atoms in total. The summed E-state index contributed by atoms with van der Waals surface area (Å²) in [6, 6.07) is 18.1. The second-order valence-corrected chi connectivity index (χ2v) is 14.6. The van der Waals surface area contributed by atoms with Crippen LogP contribution in [0.2, 0.25) is 0 Å². The molecular weight excluding hydrogens is 708 g/mol. The smallest absolute Gasteiger partial charge is 0.343 e. The summed E-state index contributed by atoms with van der Waals surface area (Å²) in [5.74, 6) is 0.485. The first-order valence-electron chi connectivity index (χ1n) is 19.4. The fourth-order valence-corrected chi connectivity index (χ4v) is 7.11. The molecule has 7 rings (SSSR count). The second kappa shape index (κ2) is 18.1. The molecule has 12 heteroatoms. The summed E-state index contributed by atoms with van der Waals surface area (Å²) < 4.78 is 44.6. The van der Waals surface area contributed by atoms with E-state index in [0.29, 0.717) is 91.2 Å². The Morgan fingerprint density at radius 3 is 1.47 bits per heavy atom. The molecule has 2 saturated carbocycles. The average Bonchev–Trinajstić information content (AvgIpc) is 4.14. The first-order chi connectivity index (χ1) is 26.8. The van der Waals surface area contributed by atoms with Gasteiger partial charge in [-0.3, -0.25) is 9.59 Å². The average molecular weight is 757 g/mol. The predicted octanol–water partition coefficient (Wildman–Crippen LogP) is 6.97. The Hall–Kier alpha value is -4.94. The number of rotatable bonds is 18. The molecule has 0 amide bonds. The molecule has 2 saturated heterocycles. The summed E-state index contributed by atoms with van der Waals surface area (Å²) >= 11 is 0. The minimum atomic E-state index is -0.536. The third-order valence-corrected chi connectivity index (χ3v) is 10.5. The van der Waals surface area contributed by atoms with Gasteiger partial charge in [-0.25, -0.2) is 9.59 Å². The van der Waals surface area contributed by atoms with Gasteiger partial charge in [-0.05, 0) is 143 Å². The second-order valence-electron chi connectivity index (χ2n) is 14.6. The Kier molecular flexibility index (Phi) is 12.6. The first-order valence-corrected chi connectivity index (χ1v) is 19.4. The van der Waals surface area contributed by atoms with Gasteiger partial charge in [0.2, 0.25) is 0 Å². The van der Waals surface area contributed by atoms with E-state index in [0.717, 1.165) is 51.4 Å². The Morgan fingerprint density at radius 1 is 0.545 bits per heavy atom. The van der Waals surface area contributed by atoms with E-state index in [1.54, 1.807) is 73.7 Å². The standard InChI is InChI=1S/C43H48O12/c1-27-24-34(52-42(46)28-6-12-32(13-7-28)48-20-2-4-22-50-40(44)30-10-17-36-38(25-30)53-36)16-19-35(27)55-43(47)29-8-14-33(15-9-29)49-21-3-5-23-51-41(45)31-11-18-37-39(26-31)54-37/h6-9,12-16,19,24,30-31,36-39H,2-5,10-11,17-18,20-23,25-26H2,1H3. The number of ether oxygens (including phenoxy) is 8. The zero-order valence-electron chi connectivity index (χ0n) is 31.1. The number of carbonyl (C=O) groups is 4. The van der Waals surface area contributed by atoms with Gasteiger partial charge in [0.1, 0.15) is 23.0 Å². The Balaban J connectivity index is 0.760. The van der Waals surface area contributed by atoms with Crippen LogP contribution >= 0.6 is 0 Å². The molecule has 55 heavy (non-hydrogen) atoms. The fraction of sp³-hybridized carbons (Fsp3) is 0.488. The van der Waals surface area contributed by atoms with Crippen LogP contribution in [0.4, 0.5) is 0 Å². The number of epoxide rings is 2. The van der Waals surface area contributed by atoms with Gasteiger partial charge in [0.05, 0.1) is 73.8 Å². The van der Waals surface area contributed by atoms with Crippen molar-refractivity contribution in [2.75, 3.05) is 26.4 Å². The molecule has 3 aromatic carbocycles. The topological polar surface area (TPSA) is 149 Å². The number of aryl methyl sites for hydroxylation is 1. The van der Waals surface area contributed by atoms with Crippen molar-refractivity contribution in [3.05, 3.63) is 83.4 Å². The van der Waals surface area contributed by atoms with Gasteiger partial charge in [-0.15, -0.1) is 0 Å². The van der Waals surface area contributed by atoms with E-state index in [9.17, 15) is 19.2 Å². The third kappa shape index (κ3) is 10.9. The van der Waals surface area contributed by atoms with Gasteiger partial charge < -0.3 is 37.9 Å². The number of benzene rings is 3. The van der Waals surface area contributed by atoms with Crippen LogP contribution < -0.4 is 18.9 Å². The quantitative estimate of drug-likeness (QED) is 0.0571. The molecule has 0 bridgehead atoms. The molecule has 0 aromatic heterocycles. The van der Waals surface area contributed by atoms with E-state index < -0.39 is 11.9 Å². The SMILES string of the molecule is Cc1cc(OC(=O)c2ccc(OCCCCOC(=O)C3CCC4OC4C3)cc2)ccc1OC(=O)c1ccc(OCCCCOC(=O)C2CCC3OC3C2)cc1. The molecule has 4 aliphatic rings. The Bertz CT molecular complexity index is 1800. The zero-order chi connectivity index (χ0) is 38.1. The lowest BCUT2D eigenvalue weighted by Crippen LogP contribution is -2.24. The lowest BCUT2D eigenvalue weighted by molar-refractivity contribution is -0.150. The molecule has 0 spiro atoms. The molecule has 0 N–H and O–H groups in total. The molecule has 0 radical (unpaired) electrons. The molecule has 2 aliphatic heterocycles. The van der Waals surface area contributed by atoms with Crippen LogP contribution in [0.15, 0.2) is 66.7 Å². The fourth-order valence-electron chi connectivity index (χ4n) is 7.11. The van der Waals surface area contributed by atoms with E-state index in [-0.39, 0.29) is 36.0 Å². The number of hydrogen-bond acceptors (Lipinski definition) is 12. The van der Waals surface area contributed by atoms with Crippen molar-refractivity contribution < 1.29 is 57.1 Å². The van der Waals surface area contributed by atoms with Crippen LogP contribution in [-0.2, 0) is 28.5 Å². The Labute approximate surface area is 320 Å². The maximum absolute atomic E-state index is 12.8. The van der Waals surface area contributed by atoms with Crippen molar-refractivity contribution in [2.45, 2.75) is 95.5 Å². The summed E-state index contributed by atoms with van der Waals surface area (Å²) in [7, 11) is 0. The lowest BCUT2D eigenvalue weighted by Gasteiger charge is -2.17. The van der Waals surface area contributed by atoms with E-state index in [1.165, 1.54) is 0 Å². The largest absolute Gasteiger partial charge is 0.494 e. The summed E-state index contributed by atoms with van der Waals surface area (Å²) in [5, 5.41) is 0. The van der Waals surface area contributed by atoms with Gasteiger partial charge in [-0.1, -0.05) is 0 Å². The highest BCUT2D eigenvalue weighted by Crippen LogP contribution is 2.40.